The van der Waals surface area contributed by atoms with Crippen molar-refractivity contribution >= 4 is 16.9 Å². The summed E-state index contributed by atoms with van der Waals surface area (Å²) in [6, 6.07) is 0.586. The molecular formula is C15H24N6. The van der Waals surface area contributed by atoms with E-state index in [-0.39, 0.29) is 0 Å². The summed E-state index contributed by atoms with van der Waals surface area (Å²) in [6.45, 7) is 6.58. The van der Waals surface area contributed by atoms with Gasteiger partial charge in [0, 0.05) is 20.1 Å². The maximum atomic E-state index is 4.70. The number of likely N-dealkylation sites (tertiary alicyclic amines) is 1. The maximum absolute atomic E-state index is 4.70. The van der Waals surface area contributed by atoms with Gasteiger partial charge in [0.2, 0.25) is 0 Å². The van der Waals surface area contributed by atoms with Gasteiger partial charge in [-0.15, -0.1) is 0 Å². The van der Waals surface area contributed by atoms with E-state index in [9.17, 15) is 0 Å². The van der Waals surface area contributed by atoms with Crippen molar-refractivity contribution in [2.45, 2.75) is 39.3 Å². The molecule has 114 valence electrons. The van der Waals surface area contributed by atoms with Crippen molar-refractivity contribution in [1.29, 1.82) is 0 Å². The second-order valence-corrected chi connectivity index (χ2v) is 6.07. The summed E-state index contributed by atoms with van der Waals surface area (Å²) in [5, 5.41) is 8.41. The van der Waals surface area contributed by atoms with Crippen LogP contribution in [0.1, 0.15) is 32.5 Å². The lowest BCUT2D eigenvalue weighted by Crippen LogP contribution is -2.42. The van der Waals surface area contributed by atoms with Crippen molar-refractivity contribution < 1.29 is 0 Å². The Morgan fingerprint density at radius 3 is 2.90 bits per heavy atom. The van der Waals surface area contributed by atoms with Crippen molar-refractivity contribution in [2.24, 2.45) is 13.0 Å². The van der Waals surface area contributed by atoms with Crippen molar-refractivity contribution in [3.63, 3.8) is 0 Å². The highest BCUT2D eigenvalue weighted by Crippen LogP contribution is 2.25. The number of rotatable bonds is 3. The minimum Gasteiger partial charge on any atom is -0.372 e. The van der Waals surface area contributed by atoms with Crippen LogP contribution in [0.25, 0.3) is 11.0 Å². The van der Waals surface area contributed by atoms with E-state index in [1.807, 2.05) is 25.0 Å². The standard InChI is InChI=1S/C15H24N6/c1-10-6-5-7-21(11(10)2)9-13-18-14(16-3)12-8-17-20(4)15(12)19-13/h8,10-11H,5-7,9H2,1-4H3,(H,16,18,19). The monoisotopic (exact) mass is 288 g/mol. The van der Waals surface area contributed by atoms with Gasteiger partial charge in [-0.2, -0.15) is 5.10 Å². The van der Waals surface area contributed by atoms with Crippen molar-refractivity contribution in [3.8, 4) is 0 Å². The van der Waals surface area contributed by atoms with Crippen LogP contribution in [-0.4, -0.2) is 44.3 Å². The maximum Gasteiger partial charge on any atom is 0.163 e. The Balaban J connectivity index is 1.91. The van der Waals surface area contributed by atoms with Gasteiger partial charge < -0.3 is 5.32 Å². The van der Waals surface area contributed by atoms with E-state index >= 15 is 0 Å². The molecule has 2 atom stereocenters. The highest BCUT2D eigenvalue weighted by Gasteiger charge is 2.25. The van der Waals surface area contributed by atoms with Gasteiger partial charge in [0.1, 0.15) is 11.6 Å². The molecule has 2 aromatic heterocycles. The fourth-order valence-corrected chi connectivity index (χ4v) is 3.15. The summed E-state index contributed by atoms with van der Waals surface area (Å²) in [5.74, 6) is 2.47. The summed E-state index contributed by atoms with van der Waals surface area (Å²) >= 11 is 0. The van der Waals surface area contributed by atoms with E-state index in [0.717, 1.165) is 41.7 Å². The van der Waals surface area contributed by atoms with Gasteiger partial charge in [-0.25, -0.2) is 9.97 Å². The summed E-state index contributed by atoms with van der Waals surface area (Å²) in [6.07, 6.45) is 4.40. The molecule has 6 nitrogen and oxygen atoms in total. The molecule has 0 radical (unpaired) electrons. The number of aryl methyl sites for hydroxylation is 1. The highest BCUT2D eigenvalue weighted by atomic mass is 15.3. The van der Waals surface area contributed by atoms with Crippen LogP contribution in [0.15, 0.2) is 6.20 Å². The van der Waals surface area contributed by atoms with Crippen LogP contribution in [0.2, 0.25) is 0 Å². The largest absolute Gasteiger partial charge is 0.372 e. The zero-order valence-electron chi connectivity index (χ0n) is 13.3. The van der Waals surface area contributed by atoms with E-state index in [2.05, 4.69) is 34.1 Å². The zero-order valence-corrected chi connectivity index (χ0v) is 13.3. The molecule has 1 fully saturated rings. The van der Waals surface area contributed by atoms with Crippen LogP contribution in [0.3, 0.4) is 0 Å². The number of hydrogen-bond donors (Lipinski definition) is 1. The molecule has 2 aromatic rings. The lowest BCUT2D eigenvalue weighted by atomic mass is 9.92. The van der Waals surface area contributed by atoms with Crippen LogP contribution in [0.5, 0.6) is 0 Å². The molecule has 0 aliphatic carbocycles. The molecule has 0 spiro atoms. The molecule has 21 heavy (non-hydrogen) atoms. The van der Waals surface area contributed by atoms with Crippen LogP contribution in [-0.2, 0) is 13.6 Å². The quantitative estimate of drug-likeness (QED) is 0.936. The average Bonchev–Trinajstić information content (AvgIpc) is 2.85. The molecule has 2 unspecified atom stereocenters. The molecule has 0 bridgehead atoms. The smallest absolute Gasteiger partial charge is 0.163 e. The Kier molecular flexibility index (Phi) is 3.80. The second-order valence-electron chi connectivity index (χ2n) is 6.07. The lowest BCUT2D eigenvalue weighted by molar-refractivity contribution is 0.104. The molecule has 0 aromatic carbocycles. The SMILES string of the molecule is CNc1nc(CN2CCCC(C)C2C)nc2c1cnn2C. The van der Waals surface area contributed by atoms with Gasteiger partial charge in [0.25, 0.3) is 0 Å². The molecule has 0 saturated carbocycles. The number of fused-ring (bicyclic) bond motifs is 1. The van der Waals surface area contributed by atoms with Crippen molar-refractivity contribution in [1.82, 2.24) is 24.6 Å². The topological polar surface area (TPSA) is 58.9 Å². The third-order valence-corrected chi connectivity index (χ3v) is 4.72. The van der Waals surface area contributed by atoms with Gasteiger partial charge in [-0.05, 0) is 32.2 Å². The predicted octanol–water partition coefficient (Wildman–Crippen LogP) is 2.03. The molecule has 3 heterocycles. The van der Waals surface area contributed by atoms with Gasteiger partial charge >= 0.3 is 0 Å². The Bertz CT molecular complexity index is 634. The first-order valence-electron chi connectivity index (χ1n) is 7.70. The number of anilines is 1. The van der Waals surface area contributed by atoms with E-state index in [1.54, 1.807) is 0 Å². The normalized spacial score (nSPS) is 23.6. The fraction of sp³-hybridized carbons (Fsp3) is 0.667. The molecular weight excluding hydrogens is 264 g/mol. The number of hydrogen-bond acceptors (Lipinski definition) is 5. The molecule has 0 amide bonds. The van der Waals surface area contributed by atoms with E-state index in [1.165, 1.54) is 12.8 Å². The average molecular weight is 288 g/mol. The van der Waals surface area contributed by atoms with Crippen LogP contribution >= 0.6 is 0 Å². The molecule has 6 heteroatoms. The Labute approximate surface area is 125 Å². The Morgan fingerprint density at radius 1 is 1.33 bits per heavy atom. The van der Waals surface area contributed by atoms with Gasteiger partial charge in [-0.1, -0.05) is 6.92 Å². The summed E-state index contributed by atoms with van der Waals surface area (Å²) < 4.78 is 1.81. The van der Waals surface area contributed by atoms with Gasteiger partial charge in [-0.3, -0.25) is 9.58 Å². The summed E-state index contributed by atoms with van der Waals surface area (Å²) in [5.41, 5.74) is 0.891. The lowest BCUT2D eigenvalue weighted by Gasteiger charge is -2.37. The molecule has 1 N–H and O–H groups in total. The summed E-state index contributed by atoms with van der Waals surface area (Å²) in [4.78, 5) is 11.9. The summed E-state index contributed by atoms with van der Waals surface area (Å²) in [7, 11) is 3.81. The minimum absolute atomic E-state index is 0.586. The van der Waals surface area contributed by atoms with Gasteiger partial charge in [0.15, 0.2) is 5.65 Å². The third-order valence-electron chi connectivity index (χ3n) is 4.72. The van der Waals surface area contributed by atoms with E-state index in [0.29, 0.717) is 6.04 Å². The van der Waals surface area contributed by atoms with E-state index in [4.69, 9.17) is 4.98 Å². The first-order valence-corrected chi connectivity index (χ1v) is 7.70. The third kappa shape index (κ3) is 2.60. The number of nitrogens with zero attached hydrogens (tertiary/aromatic N) is 5. The van der Waals surface area contributed by atoms with Crippen molar-refractivity contribution in [3.05, 3.63) is 12.0 Å². The van der Waals surface area contributed by atoms with Crippen molar-refractivity contribution in [2.75, 3.05) is 18.9 Å². The molecule has 1 aliphatic heterocycles. The van der Waals surface area contributed by atoms with Crippen LogP contribution < -0.4 is 5.32 Å². The number of aromatic nitrogens is 4. The minimum atomic E-state index is 0.586. The Hall–Kier alpha value is -1.69. The first kappa shape index (κ1) is 14.3. The molecule has 1 saturated heterocycles. The Morgan fingerprint density at radius 2 is 2.14 bits per heavy atom. The fourth-order valence-electron chi connectivity index (χ4n) is 3.15. The molecule has 1 aliphatic rings. The van der Waals surface area contributed by atoms with Crippen LogP contribution in [0.4, 0.5) is 5.82 Å². The predicted molar refractivity (Wildman–Crippen MR) is 84.1 cm³/mol. The second kappa shape index (κ2) is 5.60. The number of nitrogens with one attached hydrogen (secondary N) is 1. The van der Waals surface area contributed by atoms with Crippen LogP contribution in [0, 0.1) is 5.92 Å². The zero-order chi connectivity index (χ0) is 15.0. The van der Waals surface area contributed by atoms with E-state index < -0.39 is 0 Å². The number of piperidine rings is 1. The molecule has 3 rings (SSSR count). The first-order chi connectivity index (χ1) is 10.1. The van der Waals surface area contributed by atoms with Gasteiger partial charge in [0.05, 0.1) is 18.1 Å². The highest BCUT2D eigenvalue weighted by molar-refractivity contribution is 5.86.